The summed E-state index contributed by atoms with van der Waals surface area (Å²) in [5.74, 6) is -0.435. The first-order valence-corrected chi connectivity index (χ1v) is 20.1. The molecule has 47 heavy (non-hydrogen) atoms. The predicted octanol–water partition coefficient (Wildman–Crippen LogP) is 12.8. The summed E-state index contributed by atoms with van der Waals surface area (Å²) in [5.41, 5.74) is -0.916. The molecule has 1 unspecified atom stereocenters. The molecule has 5 heteroatoms. The van der Waals surface area contributed by atoms with Crippen LogP contribution in [0.25, 0.3) is 0 Å². The van der Waals surface area contributed by atoms with E-state index in [1.807, 2.05) is 32.8 Å². The Morgan fingerprint density at radius 3 is 1.19 bits per heavy atom. The first kappa shape index (κ1) is 45.4. The minimum Gasteiger partial charge on any atom is -0.454 e. The van der Waals surface area contributed by atoms with E-state index in [0.29, 0.717) is 12.8 Å². The highest BCUT2D eigenvalue weighted by atomic mass is 16.6. The molecule has 0 N–H and O–H groups in total. The van der Waals surface area contributed by atoms with Gasteiger partial charge in [-0.2, -0.15) is 0 Å². The van der Waals surface area contributed by atoms with Gasteiger partial charge in [0.25, 0.3) is 0 Å². The van der Waals surface area contributed by atoms with Crippen molar-refractivity contribution in [2.45, 2.75) is 219 Å². The number of esters is 2. The molecule has 0 aromatic heterocycles. The molecular weight excluding hydrogens is 582 g/mol. The van der Waals surface area contributed by atoms with Gasteiger partial charge in [-0.25, -0.2) is 0 Å². The average molecular weight is 662 g/mol. The van der Waals surface area contributed by atoms with Gasteiger partial charge < -0.3 is 9.47 Å². The lowest BCUT2D eigenvalue weighted by molar-refractivity contribution is -0.198. The number of unbranched alkanes of at least 4 members (excludes halogenated alkanes) is 22. The standard InChI is InChI=1S/C42H79NO4/c1-7-9-11-13-15-17-19-21-23-25-27-29-31-33-35-37-39(44)46-41(43(5)6)42(3,4)47-40(45)38-36-34-32-30-28-26-24-22-20-18-16-14-12-10-8-2/h21-24,41H,7-20,25-38H2,1-6H3/b23-21-,24-22-. The summed E-state index contributed by atoms with van der Waals surface area (Å²) >= 11 is 0. The van der Waals surface area contributed by atoms with Crippen molar-refractivity contribution in [2.24, 2.45) is 0 Å². The molecule has 0 aromatic rings. The SMILES string of the molecule is CCCCCCCC/C=C\CCCCCCCC(=O)OC(N(C)C)C(C)(C)OC(=O)CCCCCCC/C=C\CCCCCCCC. The quantitative estimate of drug-likeness (QED) is 0.0297. The molecule has 0 rings (SSSR count). The number of likely N-dealkylation sites (N-methyl/N-ethyl adjacent to an activating group) is 1. The van der Waals surface area contributed by atoms with Gasteiger partial charge >= 0.3 is 11.9 Å². The average Bonchev–Trinajstić information content (AvgIpc) is 3.03. The number of hydrogen-bond acceptors (Lipinski definition) is 5. The molecule has 0 aromatic carbocycles. The number of rotatable bonds is 34. The van der Waals surface area contributed by atoms with E-state index in [4.69, 9.17) is 9.47 Å². The van der Waals surface area contributed by atoms with Crippen LogP contribution in [0, 0.1) is 0 Å². The van der Waals surface area contributed by atoms with Crippen molar-refractivity contribution < 1.29 is 19.1 Å². The van der Waals surface area contributed by atoms with Crippen molar-refractivity contribution in [3.63, 3.8) is 0 Å². The molecule has 0 radical (unpaired) electrons. The van der Waals surface area contributed by atoms with Gasteiger partial charge in [-0.1, -0.05) is 141 Å². The van der Waals surface area contributed by atoms with E-state index in [1.165, 1.54) is 116 Å². The normalized spacial score (nSPS) is 12.8. The monoisotopic (exact) mass is 662 g/mol. The lowest BCUT2D eigenvalue weighted by atomic mass is 10.1. The van der Waals surface area contributed by atoms with Crippen LogP contribution in [0.4, 0.5) is 0 Å². The van der Waals surface area contributed by atoms with E-state index in [1.54, 1.807) is 0 Å². The first-order chi connectivity index (χ1) is 22.7. The van der Waals surface area contributed by atoms with E-state index >= 15 is 0 Å². The number of allylic oxidation sites excluding steroid dienone is 4. The zero-order valence-corrected chi connectivity index (χ0v) is 32.3. The summed E-state index contributed by atoms with van der Waals surface area (Å²) in [4.78, 5) is 27.1. The largest absolute Gasteiger partial charge is 0.454 e. The number of carbonyl (C=O) groups excluding carboxylic acids is 2. The van der Waals surface area contributed by atoms with Crippen molar-refractivity contribution in [3.8, 4) is 0 Å². The summed E-state index contributed by atoms with van der Waals surface area (Å²) in [7, 11) is 3.72. The Morgan fingerprint density at radius 2 is 0.830 bits per heavy atom. The zero-order valence-electron chi connectivity index (χ0n) is 32.3. The van der Waals surface area contributed by atoms with Crippen LogP contribution >= 0.6 is 0 Å². The highest BCUT2D eigenvalue weighted by Gasteiger charge is 2.38. The minimum atomic E-state index is -0.916. The predicted molar refractivity (Wildman–Crippen MR) is 203 cm³/mol. The number of ether oxygens (including phenoxy) is 2. The Hall–Kier alpha value is -1.62. The fourth-order valence-electron chi connectivity index (χ4n) is 6.13. The summed E-state index contributed by atoms with van der Waals surface area (Å²) in [6.45, 7) is 8.21. The molecular formula is C42H79NO4. The lowest BCUT2D eigenvalue weighted by Crippen LogP contribution is -2.51. The molecule has 276 valence electrons. The van der Waals surface area contributed by atoms with Gasteiger partial charge in [0, 0.05) is 12.8 Å². The second-order valence-corrected chi connectivity index (χ2v) is 14.6. The molecule has 0 amide bonds. The third kappa shape index (κ3) is 30.2. The molecule has 0 aliphatic carbocycles. The lowest BCUT2D eigenvalue weighted by Gasteiger charge is -2.37. The van der Waals surface area contributed by atoms with Crippen LogP contribution < -0.4 is 0 Å². The number of hydrogen-bond donors (Lipinski definition) is 0. The van der Waals surface area contributed by atoms with Crippen LogP contribution in [-0.2, 0) is 19.1 Å². The number of carbonyl (C=O) groups is 2. The van der Waals surface area contributed by atoms with Gasteiger partial charge in [0.05, 0.1) is 0 Å². The van der Waals surface area contributed by atoms with E-state index in [0.717, 1.165) is 51.4 Å². The smallest absolute Gasteiger partial charge is 0.307 e. The number of nitrogens with zero attached hydrogens (tertiary/aromatic N) is 1. The van der Waals surface area contributed by atoms with Crippen LogP contribution in [-0.4, -0.2) is 42.8 Å². The molecule has 0 heterocycles. The van der Waals surface area contributed by atoms with Crippen LogP contribution in [0.1, 0.15) is 207 Å². The molecule has 1 atom stereocenters. The molecule has 5 nitrogen and oxygen atoms in total. The van der Waals surface area contributed by atoms with Crippen molar-refractivity contribution in [3.05, 3.63) is 24.3 Å². The minimum absolute atomic E-state index is 0.215. The van der Waals surface area contributed by atoms with Crippen LogP contribution in [0.3, 0.4) is 0 Å². The second kappa shape index (κ2) is 32.9. The zero-order chi connectivity index (χ0) is 34.9. The van der Waals surface area contributed by atoms with E-state index < -0.39 is 11.8 Å². The molecule has 0 saturated carbocycles. The Bertz CT molecular complexity index is 773. The van der Waals surface area contributed by atoms with Gasteiger partial charge in [0.15, 0.2) is 11.8 Å². The molecule has 0 aliphatic heterocycles. The molecule has 0 aliphatic rings. The molecule has 0 fully saturated rings. The Morgan fingerprint density at radius 1 is 0.511 bits per heavy atom. The topological polar surface area (TPSA) is 55.8 Å². The summed E-state index contributed by atoms with van der Waals surface area (Å²) in [6.07, 6.45) is 41.6. The summed E-state index contributed by atoms with van der Waals surface area (Å²) < 4.78 is 11.7. The van der Waals surface area contributed by atoms with E-state index in [2.05, 4.69) is 38.2 Å². The molecule has 0 spiro atoms. The fourth-order valence-corrected chi connectivity index (χ4v) is 6.13. The van der Waals surface area contributed by atoms with E-state index in [9.17, 15) is 9.59 Å². The Kier molecular flexibility index (Phi) is 31.8. The van der Waals surface area contributed by atoms with Gasteiger partial charge in [0.1, 0.15) is 0 Å². The van der Waals surface area contributed by atoms with Crippen molar-refractivity contribution in [1.29, 1.82) is 0 Å². The third-order valence-electron chi connectivity index (χ3n) is 8.97. The molecule has 0 bridgehead atoms. The van der Waals surface area contributed by atoms with Crippen molar-refractivity contribution in [1.82, 2.24) is 4.90 Å². The van der Waals surface area contributed by atoms with Gasteiger partial charge in [0.2, 0.25) is 0 Å². The van der Waals surface area contributed by atoms with Crippen LogP contribution in [0.15, 0.2) is 24.3 Å². The maximum Gasteiger partial charge on any atom is 0.307 e. The Balaban J connectivity index is 3.96. The maximum atomic E-state index is 12.7. The summed E-state index contributed by atoms with van der Waals surface area (Å²) in [6, 6.07) is 0. The highest BCUT2D eigenvalue weighted by molar-refractivity contribution is 5.71. The van der Waals surface area contributed by atoms with Gasteiger partial charge in [-0.05, 0) is 92.2 Å². The van der Waals surface area contributed by atoms with Gasteiger partial charge in [-0.3, -0.25) is 14.5 Å². The molecule has 0 saturated heterocycles. The summed E-state index contributed by atoms with van der Waals surface area (Å²) in [5, 5.41) is 0. The highest BCUT2D eigenvalue weighted by Crippen LogP contribution is 2.23. The fraction of sp³-hybridized carbons (Fsp3) is 0.857. The van der Waals surface area contributed by atoms with E-state index in [-0.39, 0.29) is 11.9 Å². The van der Waals surface area contributed by atoms with Crippen LogP contribution in [0.2, 0.25) is 0 Å². The third-order valence-corrected chi connectivity index (χ3v) is 8.97. The van der Waals surface area contributed by atoms with Crippen LogP contribution in [0.5, 0.6) is 0 Å². The van der Waals surface area contributed by atoms with Crippen molar-refractivity contribution in [2.75, 3.05) is 14.1 Å². The van der Waals surface area contributed by atoms with Gasteiger partial charge in [-0.15, -0.1) is 0 Å². The second-order valence-electron chi connectivity index (χ2n) is 14.6. The first-order valence-electron chi connectivity index (χ1n) is 20.1. The Labute approximate surface area is 293 Å². The maximum absolute atomic E-state index is 12.7. The van der Waals surface area contributed by atoms with Crippen molar-refractivity contribution >= 4 is 11.9 Å².